The number of rotatable bonds is 1. The van der Waals surface area contributed by atoms with Gasteiger partial charge in [-0.25, -0.2) is 4.98 Å². The van der Waals surface area contributed by atoms with Crippen molar-refractivity contribution in [3.63, 3.8) is 0 Å². The summed E-state index contributed by atoms with van der Waals surface area (Å²) in [6, 6.07) is 0.202. The molecule has 1 spiro atoms. The standard InChI is InChI=1S/C11H13ClN4O/c1-6(2)16-8-7(5-13-10(12)15-8)14-9(17)11(16)3-4-11/h5-6H,3-4H2,1-2H3,(H,14,17). The molecule has 1 aliphatic heterocycles. The Morgan fingerprint density at radius 2 is 2.24 bits per heavy atom. The van der Waals surface area contributed by atoms with Gasteiger partial charge >= 0.3 is 0 Å². The fourth-order valence-electron chi connectivity index (χ4n) is 2.50. The number of nitrogens with one attached hydrogen (secondary N) is 1. The van der Waals surface area contributed by atoms with E-state index in [0.29, 0.717) is 5.69 Å². The average molecular weight is 253 g/mol. The first-order valence-corrected chi connectivity index (χ1v) is 6.06. The molecule has 1 saturated carbocycles. The molecule has 2 heterocycles. The van der Waals surface area contributed by atoms with Crippen LogP contribution in [0.25, 0.3) is 0 Å². The van der Waals surface area contributed by atoms with Crippen LogP contribution < -0.4 is 10.2 Å². The van der Waals surface area contributed by atoms with Crippen LogP contribution in [0.15, 0.2) is 6.20 Å². The minimum absolute atomic E-state index is 0.0459. The molecule has 5 nitrogen and oxygen atoms in total. The molecule has 1 amide bonds. The third kappa shape index (κ3) is 1.42. The van der Waals surface area contributed by atoms with Crippen molar-refractivity contribution in [1.82, 2.24) is 9.97 Å². The molecular weight excluding hydrogens is 240 g/mol. The first-order chi connectivity index (χ1) is 8.04. The summed E-state index contributed by atoms with van der Waals surface area (Å²) in [4.78, 5) is 22.3. The molecule has 1 fully saturated rings. The summed E-state index contributed by atoms with van der Waals surface area (Å²) >= 11 is 5.83. The number of hydrogen-bond donors (Lipinski definition) is 1. The van der Waals surface area contributed by atoms with Crippen molar-refractivity contribution >= 4 is 29.0 Å². The number of carbonyl (C=O) groups excluding carboxylic acids is 1. The highest BCUT2D eigenvalue weighted by Crippen LogP contribution is 2.50. The number of halogens is 1. The maximum atomic E-state index is 12.1. The van der Waals surface area contributed by atoms with Crippen LogP contribution in [0.5, 0.6) is 0 Å². The molecule has 1 N–H and O–H groups in total. The van der Waals surface area contributed by atoms with E-state index in [9.17, 15) is 4.79 Å². The predicted octanol–water partition coefficient (Wildman–Crippen LogP) is 1.83. The summed E-state index contributed by atoms with van der Waals surface area (Å²) < 4.78 is 0. The van der Waals surface area contributed by atoms with Gasteiger partial charge in [0.05, 0.1) is 6.20 Å². The third-order valence-electron chi connectivity index (χ3n) is 3.34. The van der Waals surface area contributed by atoms with Gasteiger partial charge in [-0.15, -0.1) is 0 Å². The van der Waals surface area contributed by atoms with E-state index in [1.807, 2.05) is 0 Å². The first-order valence-electron chi connectivity index (χ1n) is 5.68. The molecule has 3 rings (SSSR count). The Balaban J connectivity index is 2.16. The van der Waals surface area contributed by atoms with E-state index in [4.69, 9.17) is 11.6 Å². The summed E-state index contributed by atoms with van der Waals surface area (Å²) in [5.74, 6) is 0.779. The highest BCUT2D eigenvalue weighted by molar-refractivity contribution is 6.28. The normalized spacial score (nSPS) is 20.5. The monoisotopic (exact) mass is 252 g/mol. The second-order valence-electron chi connectivity index (χ2n) is 4.83. The van der Waals surface area contributed by atoms with Crippen LogP contribution in [0.3, 0.4) is 0 Å². The van der Waals surface area contributed by atoms with Gasteiger partial charge in [-0.2, -0.15) is 4.98 Å². The first kappa shape index (κ1) is 10.8. The summed E-state index contributed by atoms with van der Waals surface area (Å²) in [7, 11) is 0. The lowest BCUT2D eigenvalue weighted by Crippen LogP contribution is -2.53. The molecule has 17 heavy (non-hydrogen) atoms. The lowest BCUT2D eigenvalue weighted by molar-refractivity contribution is -0.118. The molecular formula is C11H13ClN4O. The van der Waals surface area contributed by atoms with Crippen LogP contribution >= 0.6 is 11.6 Å². The van der Waals surface area contributed by atoms with Crippen LogP contribution in [-0.4, -0.2) is 27.5 Å². The third-order valence-corrected chi connectivity index (χ3v) is 3.52. The van der Waals surface area contributed by atoms with Gasteiger partial charge < -0.3 is 10.2 Å². The number of amides is 1. The molecule has 1 aromatic heterocycles. The van der Waals surface area contributed by atoms with Crippen LogP contribution in [0.2, 0.25) is 5.28 Å². The van der Waals surface area contributed by atoms with Gasteiger partial charge in [0, 0.05) is 6.04 Å². The van der Waals surface area contributed by atoms with Crippen LogP contribution in [0.4, 0.5) is 11.5 Å². The maximum Gasteiger partial charge on any atom is 0.250 e. The van der Waals surface area contributed by atoms with E-state index in [-0.39, 0.29) is 17.2 Å². The molecule has 0 radical (unpaired) electrons. The zero-order chi connectivity index (χ0) is 12.2. The van der Waals surface area contributed by atoms with Crippen molar-refractivity contribution in [3.8, 4) is 0 Å². The van der Waals surface area contributed by atoms with Crippen molar-refractivity contribution in [2.75, 3.05) is 10.2 Å². The number of nitrogens with zero attached hydrogens (tertiary/aromatic N) is 3. The Kier molecular flexibility index (Phi) is 2.10. The van der Waals surface area contributed by atoms with Crippen LogP contribution in [0, 0.1) is 0 Å². The minimum atomic E-state index is -0.404. The van der Waals surface area contributed by atoms with Gasteiger partial charge in [0.1, 0.15) is 11.2 Å². The summed E-state index contributed by atoms with van der Waals surface area (Å²) in [5.41, 5.74) is 0.240. The number of carbonyl (C=O) groups is 1. The van der Waals surface area contributed by atoms with Gasteiger partial charge in [0.15, 0.2) is 5.82 Å². The molecule has 6 heteroatoms. The molecule has 0 atom stereocenters. The molecule has 1 aliphatic carbocycles. The largest absolute Gasteiger partial charge is 0.338 e. The summed E-state index contributed by atoms with van der Waals surface area (Å²) in [5, 5.41) is 3.07. The van der Waals surface area contributed by atoms with Crippen LogP contribution in [0.1, 0.15) is 26.7 Å². The van der Waals surface area contributed by atoms with Gasteiger partial charge in [0.2, 0.25) is 11.2 Å². The zero-order valence-corrected chi connectivity index (χ0v) is 10.5. The summed E-state index contributed by atoms with van der Waals surface area (Å²) in [6.07, 6.45) is 3.31. The van der Waals surface area contributed by atoms with Gasteiger partial charge in [-0.3, -0.25) is 4.79 Å². The lowest BCUT2D eigenvalue weighted by Gasteiger charge is -2.40. The van der Waals surface area contributed by atoms with E-state index < -0.39 is 5.54 Å². The van der Waals surface area contributed by atoms with Crippen molar-refractivity contribution < 1.29 is 4.79 Å². The van der Waals surface area contributed by atoms with E-state index in [2.05, 4.69) is 34.0 Å². The fourth-order valence-corrected chi connectivity index (χ4v) is 2.63. The Morgan fingerprint density at radius 1 is 1.53 bits per heavy atom. The molecule has 1 aromatic rings. The summed E-state index contributed by atoms with van der Waals surface area (Å²) in [6.45, 7) is 4.11. The molecule has 0 saturated heterocycles. The SMILES string of the molecule is CC(C)N1c2nc(Cl)ncc2NC(=O)C12CC2. The van der Waals surface area contributed by atoms with Gasteiger partial charge in [-0.05, 0) is 38.3 Å². The van der Waals surface area contributed by atoms with E-state index in [1.165, 1.54) is 0 Å². The van der Waals surface area contributed by atoms with E-state index >= 15 is 0 Å². The number of aromatic nitrogens is 2. The lowest BCUT2D eigenvalue weighted by atomic mass is 10.1. The van der Waals surface area contributed by atoms with E-state index in [0.717, 1.165) is 18.7 Å². The number of anilines is 2. The highest BCUT2D eigenvalue weighted by atomic mass is 35.5. The van der Waals surface area contributed by atoms with Crippen molar-refractivity contribution in [2.45, 2.75) is 38.3 Å². The van der Waals surface area contributed by atoms with Gasteiger partial charge in [-0.1, -0.05) is 0 Å². The van der Waals surface area contributed by atoms with Crippen molar-refractivity contribution in [1.29, 1.82) is 0 Å². The molecule has 0 bridgehead atoms. The maximum absolute atomic E-state index is 12.1. The average Bonchev–Trinajstić information content (AvgIpc) is 3.02. The molecule has 90 valence electrons. The van der Waals surface area contributed by atoms with Crippen molar-refractivity contribution in [3.05, 3.63) is 11.5 Å². The molecule has 0 aromatic carbocycles. The highest BCUT2D eigenvalue weighted by Gasteiger charge is 2.58. The Bertz CT molecular complexity index is 498. The Hall–Kier alpha value is -1.36. The second-order valence-corrected chi connectivity index (χ2v) is 5.16. The predicted molar refractivity (Wildman–Crippen MR) is 65.3 cm³/mol. The topological polar surface area (TPSA) is 58.1 Å². The zero-order valence-electron chi connectivity index (χ0n) is 9.70. The second kappa shape index (κ2) is 3.32. The molecule has 0 unspecified atom stereocenters. The number of hydrogen-bond acceptors (Lipinski definition) is 4. The van der Waals surface area contributed by atoms with Gasteiger partial charge in [0.25, 0.3) is 0 Å². The number of fused-ring (bicyclic) bond motifs is 1. The van der Waals surface area contributed by atoms with Crippen LogP contribution in [-0.2, 0) is 4.79 Å². The molecule has 2 aliphatic rings. The Labute approximate surface area is 104 Å². The fraction of sp³-hybridized carbons (Fsp3) is 0.545. The Morgan fingerprint density at radius 3 is 2.82 bits per heavy atom. The quantitative estimate of drug-likeness (QED) is 0.775. The van der Waals surface area contributed by atoms with Crippen molar-refractivity contribution in [2.24, 2.45) is 0 Å². The van der Waals surface area contributed by atoms with E-state index in [1.54, 1.807) is 6.20 Å². The smallest absolute Gasteiger partial charge is 0.250 e. The minimum Gasteiger partial charge on any atom is -0.338 e.